The predicted octanol–water partition coefficient (Wildman–Crippen LogP) is 4.80. The van der Waals surface area contributed by atoms with Gasteiger partial charge in [-0.05, 0) is 43.3 Å². The first kappa shape index (κ1) is 20.8. The number of carbonyl (C=O) groups excluding carboxylic acids is 1. The maximum atomic E-state index is 12.6. The first-order chi connectivity index (χ1) is 15.7. The zero-order valence-electron chi connectivity index (χ0n) is 17.5. The molecular weight excluding hydrogens is 402 g/mol. The van der Waals surface area contributed by atoms with Crippen LogP contribution in [0.5, 0.6) is 0 Å². The summed E-state index contributed by atoms with van der Waals surface area (Å²) in [5.41, 5.74) is 2.40. The maximum Gasteiger partial charge on any atom is 0.246 e. The highest BCUT2D eigenvalue weighted by molar-refractivity contribution is 5.96. The van der Waals surface area contributed by atoms with E-state index in [1.54, 1.807) is 6.92 Å². The Labute approximate surface area is 186 Å². The lowest BCUT2D eigenvalue weighted by molar-refractivity contribution is -0.116. The van der Waals surface area contributed by atoms with Crippen LogP contribution < -0.4 is 21.3 Å². The number of carbonyl (C=O) groups is 1. The molecule has 0 radical (unpaired) electrons. The summed E-state index contributed by atoms with van der Waals surface area (Å²) >= 11 is 0. The van der Waals surface area contributed by atoms with Crippen molar-refractivity contribution < 1.29 is 4.79 Å². The Morgan fingerprint density at radius 2 is 1.03 bits per heavy atom. The summed E-state index contributed by atoms with van der Waals surface area (Å²) < 4.78 is 0. The number of anilines is 6. The molecule has 0 bridgehead atoms. The third kappa shape index (κ3) is 5.79. The number of hydrogen-bond acceptors (Lipinski definition) is 7. The van der Waals surface area contributed by atoms with Gasteiger partial charge < -0.3 is 21.3 Å². The molecule has 1 atom stereocenters. The molecule has 0 saturated heterocycles. The van der Waals surface area contributed by atoms with Crippen molar-refractivity contribution in [1.82, 2.24) is 15.0 Å². The second kappa shape index (κ2) is 10.0. The Balaban J connectivity index is 1.54. The lowest BCUT2D eigenvalue weighted by Gasteiger charge is -2.16. The van der Waals surface area contributed by atoms with Crippen LogP contribution in [-0.4, -0.2) is 26.9 Å². The predicted molar refractivity (Wildman–Crippen MR) is 127 cm³/mol. The van der Waals surface area contributed by atoms with Crippen molar-refractivity contribution in [3.05, 3.63) is 91.0 Å². The molecule has 0 spiro atoms. The molecule has 32 heavy (non-hydrogen) atoms. The summed E-state index contributed by atoms with van der Waals surface area (Å²) in [5.74, 6) is 0.768. The summed E-state index contributed by atoms with van der Waals surface area (Å²) in [4.78, 5) is 25.9. The lowest BCUT2D eigenvalue weighted by Crippen LogP contribution is -2.32. The Hall–Kier alpha value is -4.46. The smallest absolute Gasteiger partial charge is 0.246 e. The summed E-state index contributed by atoms with van der Waals surface area (Å²) in [6, 6.07) is 27.9. The normalized spacial score (nSPS) is 11.3. The molecule has 0 aliphatic carbocycles. The summed E-state index contributed by atoms with van der Waals surface area (Å²) in [6.07, 6.45) is 0. The molecule has 1 aromatic heterocycles. The van der Waals surface area contributed by atoms with Crippen LogP contribution in [0.25, 0.3) is 0 Å². The van der Waals surface area contributed by atoms with Crippen molar-refractivity contribution in [2.45, 2.75) is 13.0 Å². The monoisotopic (exact) mass is 425 g/mol. The topological polar surface area (TPSA) is 104 Å². The molecule has 4 rings (SSSR count). The van der Waals surface area contributed by atoms with Gasteiger partial charge in [-0.2, -0.15) is 15.0 Å². The van der Waals surface area contributed by atoms with E-state index in [9.17, 15) is 4.79 Å². The van der Waals surface area contributed by atoms with Crippen LogP contribution in [0.2, 0.25) is 0 Å². The molecule has 0 unspecified atom stereocenters. The van der Waals surface area contributed by atoms with Crippen LogP contribution in [-0.2, 0) is 4.79 Å². The SMILES string of the molecule is C[C@H](Nc1nc(Nc2ccccc2)nc(Nc2ccccc2)n1)C(=O)Nc1ccccc1. The van der Waals surface area contributed by atoms with Gasteiger partial charge in [-0.15, -0.1) is 0 Å². The largest absolute Gasteiger partial charge is 0.342 e. The number of rotatable bonds is 8. The van der Waals surface area contributed by atoms with Crippen molar-refractivity contribution in [3.63, 3.8) is 0 Å². The average Bonchev–Trinajstić information content (AvgIpc) is 2.81. The fraction of sp³-hybridized carbons (Fsp3) is 0.0833. The van der Waals surface area contributed by atoms with Crippen molar-refractivity contribution in [2.24, 2.45) is 0 Å². The van der Waals surface area contributed by atoms with Crippen LogP contribution in [0.15, 0.2) is 91.0 Å². The maximum absolute atomic E-state index is 12.6. The van der Waals surface area contributed by atoms with Crippen LogP contribution in [0.4, 0.5) is 34.9 Å². The van der Waals surface area contributed by atoms with Crippen molar-refractivity contribution in [1.29, 1.82) is 0 Å². The van der Waals surface area contributed by atoms with Gasteiger partial charge >= 0.3 is 0 Å². The van der Waals surface area contributed by atoms with Gasteiger partial charge in [0.25, 0.3) is 0 Å². The molecule has 4 aromatic rings. The van der Waals surface area contributed by atoms with Gasteiger partial charge in [-0.3, -0.25) is 4.79 Å². The van der Waals surface area contributed by atoms with Gasteiger partial charge in [0.2, 0.25) is 23.8 Å². The number of amides is 1. The Morgan fingerprint density at radius 1 is 0.625 bits per heavy atom. The first-order valence-corrected chi connectivity index (χ1v) is 10.2. The molecule has 8 heteroatoms. The average molecular weight is 425 g/mol. The van der Waals surface area contributed by atoms with Crippen molar-refractivity contribution in [2.75, 3.05) is 21.3 Å². The molecule has 0 fully saturated rings. The molecule has 1 heterocycles. The van der Waals surface area contributed by atoms with E-state index in [4.69, 9.17) is 0 Å². The van der Waals surface area contributed by atoms with Crippen LogP contribution in [0.3, 0.4) is 0 Å². The molecule has 0 aliphatic rings. The minimum absolute atomic E-state index is 0.202. The van der Waals surface area contributed by atoms with Gasteiger partial charge in [0.15, 0.2) is 0 Å². The van der Waals surface area contributed by atoms with Crippen molar-refractivity contribution in [3.8, 4) is 0 Å². The molecule has 0 aliphatic heterocycles. The molecule has 3 aromatic carbocycles. The van der Waals surface area contributed by atoms with Crippen LogP contribution >= 0.6 is 0 Å². The lowest BCUT2D eigenvalue weighted by atomic mass is 10.2. The second-order valence-electron chi connectivity index (χ2n) is 7.01. The number of hydrogen-bond donors (Lipinski definition) is 4. The van der Waals surface area contributed by atoms with Gasteiger partial charge in [-0.1, -0.05) is 54.6 Å². The van der Waals surface area contributed by atoms with E-state index in [2.05, 4.69) is 36.2 Å². The molecule has 4 N–H and O–H groups in total. The fourth-order valence-electron chi connectivity index (χ4n) is 2.88. The van der Waals surface area contributed by atoms with E-state index in [-0.39, 0.29) is 11.9 Å². The highest BCUT2D eigenvalue weighted by atomic mass is 16.2. The van der Waals surface area contributed by atoms with Gasteiger partial charge in [0.1, 0.15) is 6.04 Å². The molecular formula is C24H23N7O. The highest BCUT2D eigenvalue weighted by Gasteiger charge is 2.16. The van der Waals surface area contributed by atoms with Crippen LogP contribution in [0.1, 0.15) is 6.92 Å². The fourth-order valence-corrected chi connectivity index (χ4v) is 2.88. The number of aromatic nitrogens is 3. The molecule has 0 saturated carbocycles. The van der Waals surface area contributed by atoms with E-state index in [0.717, 1.165) is 17.1 Å². The standard InChI is InChI=1S/C24H23N7O/c1-17(21(32)26-18-11-5-2-6-12-18)25-22-29-23(27-19-13-7-3-8-14-19)31-24(30-22)28-20-15-9-4-10-16-20/h2-17H,1H3,(H,26,32)(H3,25,27,28,29,30,31)/t17-/m0/s1. The Bertz CT molecular complexity index is 1100. The van der Waals surface area contributed by atoms with Gasteiger partial charge in [0.05, 0.1) is 0 Å². The van der Waals surface area contributed by atoms with E-state index in [1.807, 2.05) is 91.0 Å². The number of nitrogens with one attached hydrogen (secondary N) is 4. The van der Waals surface area contributed by atoms with E-state index in [0.29, 0.717) is 11.9 Å². The Morgan fingerprint density at radius 3 is 1.50 bits per heavy atom. The third-order valence-electron chi connectivity index (χ3n) is 4.48. The zero-order chi connectivity index (χ0) is 22.2. The van der Waals surface area contributed by atoms with E-state index >= 15 is 0 Å². The second-order valence-corrected chi connectivity index (χ2v) is 7.01. The summed E-state index contributed by atoms with van der Waals surface area (Å²) in [5, 5.41) is 12.3. The zero-order valence-corrected chi connectivity index (χ0v) is 17.5. The minimum atomic E-state index is -0.577. The molecule has 1 amide bonds. The highest BCUT2D eigenvalue weighted by Crippen LogP contribution is 2.19. The minimum Gasteiger partial charge on any atom is -0.342 e. The van der Waals surface area contributed by atoms with E-state index in [1.165, 1.54) is 0 Å². The molecule has 8 nitrogen and oxygen atoms in total. The van der Waals surface area contributed by atoms with Gasteiger partial charge in [0, 0.05) is 17.1 Å². The first-order valence-electron chi connectivity index (χ1n) is 10.2. The molecule has 160 valence electrons. The number of benzene rings is 3. The number of para-hydroxylation sites is 3. The third-order valence-corrected chi connectivity index (χ3v) is 4.48. The van der Waals surface area contributed by atoms with E-state index < -0.39 is 6.04 Å². The van der Waals surface area contributed by atoms with Crippen molar-refractivity contribution >= 4 is 40.8 Å². The quantitative estimate of drug-likeness (QED) is 0.321. The van der Waals surface area contributed by atoms with Crippen LogP contribution in [0, 0.1) is 0 Å². The Kier molecular flexibility index (Phi) is 6.52. The van der Waals surface area contributed by atoms with Gasteiger partial charge in [-0.25, -0.2) is 0 Å². The summed E-state index contributed by atoms with van der Waals surface area (Å²) in [6.45, 7) is 1.75. The number of nitrogens with zero attached hydrogens (tertiary/aromatic N) is 3. The summed E-state index contributed by atoms with van der Waals surface area (Å²) in [7, 11) is 0.